The first-order valence-electron chi connectivity index (χ1n) is 5.35. The molecule has 88 valence electrons. The van der Waals surface area contributed by atoms with E-state index >= 15 is 0 Å². The van der Waals surface area contributed by atoms with Gasteiger partial charge in [-0.25, -0.2) is 0 Å². The zero-order valence-electron chi connectivity index (χ0n) is 9.81. The number of hydrogen-bond acceptors (Lipinski definition) is 4. The van der Waals surface area contributed by atoms with Gasteiger partial charge in [0.15, 0.2) is 0 Å². The van der Waals surface area contributed by atoms with Crippen LogP contribution in [0.2, 0.25) is 0 Å². The van der Waals surface area contributed by atoms with Gasteiger partial charge in [0.2, 0.25) is 5.91 Å². The Bertz CT molecular complexity index is 211. The van der Waals surface area contributed by atoms with Crippen molar-refractivity contribution in [3.05, 3.63) is 0 Å². The third-order valence-corrected chi connectivity index (χ3v) is 2.65. The molecule has 0 aromatic rings. The molecule has 5 nitrogen and oxygen atoms in total. The van der Waals surface area contributed by atoms with Crippen LogP contribution in [0.1, 0.15) is 6.92 Å². The van der Waals surface area contributed by atoms with Gasteiger partial charge in [0.25, 0.3) is 0 Å². The van der Waals surface area contributed by atoms with E-state index in [1.165, 1.54) is 0 Å². The number of hydrogen-bond donors (Lipinski definition) is 1. The molecule has 1 aliphatic heterocycles. The van der Waals surface area contributed by atoms with Crippen molar-refractivity contribution in [2.45, 2.75) is 13.2 Å². The third-order valence-electron chi connectivity index (χ3n) is 2.65. The fourth-order valence-corrected chi connectivity index (χ4v) is 1.72. The van der Waals surface area contributed by atoms with Gasteiger partial charge in [0.05, 0.1) is 6.54 Å². The summed E-state index contributed by atoms with van der Waals surface area (Å²) in [5.74, 6) is 0.172. The Hall–Kier alpha value is -0.650. The average molecular weight is 215 g/mol. The molecule has 0 aromatic carbocycles. The van der Waals surface area contributed by atoms with Crippen LogP contribution in [0.5, 0.6) is 0 Å². The van der Waals surface area contributed by atoms with Crippen LogP contribution in [0, 0.1) is 0 Å². The Morgan fingerprint density at radius 2 is 1.87 bits per heavy atom. The number of nitrogens with zero attached hydrogens (tertiary/aromatic N) is 3. The van der Waals surface area contributed by atoms with Crippen molar-refractivity contribution < 1.29 is 9.90 Å². The second-order valence-electron chi connectivity index (χ2n) is 4.29. The van der Waals surface area contributed by atoms with Gasteiger partial charge in [-0.15, -0.1) is 0 Å². The van der Waals surface area contributed by atoms with E-state index < -0.39 is 6.23 Å². The maximum Gasteiger partial charge on any atom is 0.236 e. The highest BCUT2D eigenvalue weighted by Crippen LogP contribution is 2.04. The first kappa shape index (κ1) is 12.4. The molecule has 1 rings (SSSR count). The van der Waals surface area contributed by atoms with Crippen LogP contribution in [-0.4, -0.2) is 78.8 Å². The number of rotatable bonds is 3. The number of likely N-dealkylation sites (N-methyl/N-ethyl adjacent to an activating group) is 1. The molecule has 1 atom stereocenters. The summed E-state index contributed by atoms with van der Waals surface area (Å²) >= 11 is 0. The van der Waals surface area contributed by atoms with E-state index in [0.29, 0.717) is 6.54 Å². The number of amides is 1. The minimum absolute atomic E-state index is 0.172. The van der Waals surface area contributed by atoms with Crippen molar-refractivity contribution >= 4 is 5.91 Å². The van der Waals surface area contributed by atoms with Gasteiger partial charge < -0.3 is 14.9 Å². The summed E-state index contributed by atoms with van der Waals surface area (Å²) in [6.07, 6.45) is -0.406. The van der Waals surface area contributed by atoms with Gasteiger partial charge in [-0.1, -0.05) is 0 Å². The number of carbonyl (C=O) groups excluding carboxylic acids is 1. The molecule has 1 fully saturated rings. The highest BCUT2D eigenvalue weighted by Gasteiger charge is 2.22. The summed E-state index contributed by atoms with van der Waals surface area (Å²) in [5, 5.41) is 9.36. The quantitative estimate of drug-likeness (QED) is 0.658. The van der Waals surface area contributed by atoms with Crippen LogP contribution in [0.25, 0.3) is 0 Å². The molecule has 1 N–H and O–H groups in total. The van der Waals surface area contributed by atoms with Crippen LogP contribution >= 0.6 is 0 Å². The van der Waals surface area contributed by atoms with Crippen LogP contribution in [0.15, 0.2) is 0 Å². The minimum Gasteiger partial charge on any atom is -0.379 e. The highest BCUT2D eigenvalue weighted by atomic mass is 16.3. The van der Waals surface area contributed by atoms with E-state index in [9.17, 15) is 9.90 Å². The normalized spacial score (nSPS) is 20.7. The molecule has 0 spiro atoms. The topological polar surface area (TPSA) is 47.0 Å². The van der Waals surface area contributed by atoms with Gasteiger partial charge in [-0.2, -0.15) is 0 Å². The molecule has 0 aliphatic carbocycles. The van der Waals surface area contributed by atoms with Crippen molar-refractivity contribution in [3.63, 3.8) is 0 Å². The molecule has 1 saturated heterocycles. The predicted molar refractivity (Wildman–Crippen MR) is 58.4 cm³/mol. The van der Waals surface area contributed by atoms with Crippen molar-refractivity contribution in [1.29, 1.82) is 0 Å². The maximum absolute atomic E-state index is 11.7. The Balaban J connectivity index is 2.34. The van der Waals surface area contributed by atoms with E-state index in [1.54, 1.807) is 6.92 Å². The Morgan fingerprint density at radius 1 is 1.33 bits per heavy atom. The zero-order chi connectivity index (χ0) is 11.4. The zero-order valence-corrected chi connectivity index (χ0v) is 9.81. The molecular weight excluding hydrogens is 194 g/mol. The number of carbonyl (C=O) groups is 1. The summed E-state index contributed by atoms with van der Waals surface area (Å²) in [4.78, 5) is 17.4. The molecule has 1 aliphatic rings. The largest absolute Gasteiger partial charge is 0.379 e. The van der Waals surface area contributed by atoms with Crippen molar-refractivity contribution in [3.8, 4) is 0 Å². The minimum atomic E-state index is -0.406. The molecular formula is C10H21N3O2. The molecule has 1 amide bonds. The molecule has 1 heterocycles. The summed E-state index contributed by atoms with van der Waals surface area (Å²) in [6.45, 7) is 5.19. The van der Waals surface area contributed by atoms with Crippen molar-refractivity contribution in [2.24, 2.45) is 0 Å². The molecule has 0 bridgehead atoms. The first-order chi connectivity index (χ1) is 7.00. The van der Waals surface area contributed by atoms with Gasteiger partial charge in [0.1, 0.15) is 6.23 Å². The molecule has 5 heteroatoms. The van der Waals surface area contributed by atoms with Crippen LogP contribution < -0.4 is 0 Å². The van der Waals surface area contributed by atoms with E-state index in [-0.39, 0.29) is 5.91 Å². The molecule has 0 saturated carbocycles. The summed E-state index contributed by atoms with van der Waals surface area (Å²) in [7, 11) is 3.79. The molecule has 0 aromatic heterocycles. The van der Waals surface area contributed by atoms with Crippen molar-refractivity contribution in [1.82, 2.24) is 14.7 Å². The summed E-state index contributed by atoms with van der Waals surface area (Å²) in [6, 6.07) is 0. The Kier molecular flexibility index (Phi) is 4.50. The average Bonchev–Trinajstić information content (AvgIpc) is 2.17. The van der Waals surface area contributed by atoms with Crippen LogP contribution in [-0.2, 0) is 4.79 Å². The van der Waals surface area contributed by atoms with E-state index in [0.717, 1.165) is 26.2 Å². The standard InChI is InChI=1S/C10H21N3O2/c1-9(14)12-4-6-13(7-5-12)10(15)8-11(2)3/h9,14H,4-8H2,1-3H3. The molecule has 15 heavy (non-hydrogen) atoms. The van der Waals surface area contributed by atoms with Gasteiger partial charge in [0, 0.05) is 26.2 Å². The second-order valence-corrected chi connectivity index (χ2v) is 4.29. The number of aliphatic hydroxyl groups excluding tert-OH is 1. The SMILES string of the molecule is CC(O)N1CCN(C(=O)CN(C)C)CC1. The monoisotopic (exact) mass is 215 g/mol. The summed E-state index contributed by atoms with van der Waals surface area (Å²) in [5.41, 5.74) is 0. The lowest BCUT2D eigenvalue weighted by molar-refractivity contribution is -0.135. The predicted octanol–water partition coefficient (Wildman–Crippen LogP) is -0.969. The fraction of sp³-hybridized carbons (Fsp3) is 0.900. The lowest BCUT2D eigenvalue weighted by Gasteiger charge is -2.36. The third kappa shape index (κ3) is 3.77. The molecule has 0 radical (unpaired) electrons. The lowest BCUT2D eigenvalue weighted by Crippen LogP contribution is -2.52. The highest BCUT2D eigenvalue weighted by molar-refractivity contribution is 5.78. The van der Waals surface area contributed by atoms with Crippen LogP contribution in [0.3, 0.4) is 0 Å². The van der Waals surface area contributed by atoms with Gasteiger partial charge in [-0.05, 0) is 21.0 Å². The first-order valence-corrected chi connectivity index (χ1v) is 5.35. The van der Waals surface area contributed by atoms with E-state index in [1.807, 2.05) is 28.8 Å². The fourth-order valence-electron chi connectivity index (χ4n) is 1.72. The molecule has 1 unspecified atom stereocenters. The van der Waals surface area contributed by atoms with E-state index in [2.05, 4.69) is 0 Å². The van der Waals surface area contributed by atoms with Crippen LogP contribution in [0.4, 0.5) is 0 Å². The second kappa shape index (κ2) is 5.44. The Morgan fingerprint density at radius 3 is 2.27 bits per heavy atom. The summed E-state index contributed by atoms with van der Waals surface area (Å²) < 4.78 is 0. The van der Waals surface area contributed by atoms with Gasteiger partial charge >= 0.3 is 0 Å². The lowest BCUT2D eigenvalue weighted by atomic mass is 10.3. The van der Waals surface area contributed by atoms with Crippen molar-refractivity contribution in [2.75, 3.05) is 46.8 Å². The maximum atomic E-state index is 11.7. The number of aliphatic hydroxyl groups is 1. The Labute approximate surface area is 91.3 Å². The van der Waals surface area contributed by atoms with Gasteiger partial charge in [-0.3, -0.25) is 9.69 Å². The smallest absolute Gasteiger partial charge is 0.236 e. The van der Waals surface area contributed by atoms with E-state index in [4.69, 9.17) is 0 Å². The number of piperazine rings is 1.